The molecule has 2 aromatic rings. The van der Waals surface area contributed by atoms with Crippen molar-refractivity contribution in [3.63, 3.8) is 0 Å². The molecule has 0 bridgehead atoms. The van der Waals surface area contributed by atoms with Crippen molar-refractivity contribution in [1.29, 1.82) is 0 Å². The Morgan fingerprint density at radius 3 is 1.31 bits per heavy atom. The van der Waals surface area contributed by atoms with Crippen molar-refractivity contribution < 1.29 is 23.9 Å². The topological polar surface area (TPSA) is 76.2 Å². The van der Waals surface area contributed by atoms with Crippen LogP contribution in [-0.4, -0.2) is 41.9 Å². The molecular formula is C19H18N2O5. The maximum absolute atomic E-state index is 12.5. The van der Waals surface area contributed by atoms with Crippen LogP contribution in [0.4, 0.5) is 4.79 Å². The minimum atomic E-state index is -0.820. The van der Waals surface area contributed by atoms with E-state index in [0.717, 1.165) is 20.9 Å². The highest BCUT2D eigenvalue weighted by atomic mass is 16.5. The largest absolute Gasteiger partial charge is 0.497 e. The third-order valence-electron chi connectivity index (χ3n) is 4.13. The summed E-state index contributed by atoms with van der Waals surface area (Å²) in [7, 11) is 3.11. The number of benzene rings is 2. The predicted octanol–water partition coefficient (Wildman–Crippen LogP) is 2.19. The van der Waals surface area contributed by atoms with E-state index in [2.05, 4.69) is 0 Å². The molecule has 7 nitrogen and oxygen atoms in total. The number of rotatable bonds is 6. The first-order chi connectivity index (χ1) is 12.5. The number of imide groups is 2. The van der Waals surface area contributed by atoms with Crippen molar-refractivity contribution in [2.75, 3.05) is 14.2 Å². The summed E-state index contributed by atoms with van der Waals surface area (Å²) in [5.41, 5.74) is 1.46. The lowest BCUT2D eigenvalue weighted by atomic mass is 10.2. The van der Waals surface area contributed by atoms with E-state index in [9.17, 15) is 14.4 Å². The highest BCUT2D eigenvalue weighted by Crippen LogP contribution is 2.21. The van der Waals surface area contributed by atoms with E-state index in [1.54, 1.807) is 62.8 Å². The molecule has 0 radical (unpaired) electrons. The summed E-state index contributed by atoms with van der Waals surface area (Å²) < 4.78 is 10.2. The fourth-order valence-electron chi connectivity index (χ4n) is 2.66. The lowest BCUT2D eigenvalue weighted by Crippen LogP contribution is -2.32. The molecule has 0 N–H and O–H groups in total. The predicted molar refractivity (Wildman–Crippen MR) is 92.5 cm³/mol. The number of carbonyl (C=O) groups is 3. The van der Waals surface area contributed by atoms with Crippen LogP contribution in [0.5, 0.6) is 11.5 Å². The Hall–Kier alpha value is -3.35. The highest BCUT2D eigenvalue weighted by molar-refractivity contribution is 6.44. The van der Waals surface area contributed by atoms with E-state index in [1.807, 2.05) is 0 Å². The standard InChI is InChI=1S/C19H18N2O5/c1-25-15-7-3-13(4-8-15)11-20-17(22)18(23)21(19(20)24)12-14-5-9-16(26-2)10-6-14/h3-10H,11-12H2,1-2H3. The number of hydrogen-bond donors (Lipinski definition) is 0. The van der Waals surface area contributed by atoms with Gasteiger partial charge < -0.3 is 9.47 Å². The van der Waals surface area contributed by atoms with Crippen LogP contribution in [0.3, 0.4) is 0 Å². The molecule has 1 aliphatic heterocycles. The number of urea groups is 1. The van der Waals surface area contributed by atoms with Gasteiger partial charge in [0.15, 0.2) is 0 Å². The zero-order valence-electron chi connectivity index (χ0n) is 14.5. The van der Waals surface area contributed by atoms with E-state index in [0.29, 0.717) is 11.5 Å². The Bertz CT molecular complexity index is 761. The molecule has 1 fully saturated rings. The summed E-state index contributed by atoms with van der Waals surface area (Å²) in [5.74, 6) is -0.297. The lowest BCUT2D eigenvalue weighted by Gasteiger charge is -2.16. The summed E-state index contributed by atoms with van der Waals surface area (Å²) in [6.45, 7) is 0.0685. The zero-order valence-corrected chi connectivity index (χ0v) is 14.5. The first-order valence-electron chi connectivity index (χ1n) is 7.96. The van der Waals surface area contributed by atoms with Crippen LogP contribution in [0.25, 0.3) is 0 Å². The second kappa shape index (κ2) is 7.26. The third kappa shape index (κ3) is 3.37. The molecule has 2 aromatic carbocycles. The molecule has 1 saturated heterocycles. The van der Waals surface area contributed by atoms with Gasteiger partial charge in [-0.25, -0.2) is 4.79 Å². The van der Waals surface area contributed by atoms with E-state index in [4.69, 9.17) is 9.47 Å². The van der Waals surface area contributed by atoms with Crippen molar-refractivity contribution in [3.05, 3.63) is 59.7 Å². The molecule has 0 saturated carbocycles. The normalized spacial score (nSPS) is 14.2. The molecule has 0 spiro atoms. The molecule has 1 heterocycles. The Kier molecular flexibility index (Phi) is 4.88. The van der Waals surface area contributed by atoms with Crippen LogP contribution in [-0.2, 0) is 22.7 Å². The molecule has 26 heavy (non-hydrogen) atoms. The second-order valence-corrected chi connectivity index (χ2v) is 5.76. The zero-order chi connectivity index (χ0) is 18.7. The van der Waals surface area contributed by atoms with Gasteiger partial charge in [-0.05, 0) is 35.4 Å². The Morgan fingerprint density at radius 2 is 1.00 bits per heavy atom. The van der Waals surface area contributed by atoms with Crippen molar-refractivity contribution in [1.82, 2.24) is 9.80 Å². The minimum absolute atomic E-state index is 0.0342. The SMILES string of the molecule is COc1ccc(CN2C(=O)C(=O)N(Cc3ccc(OC)cc3)C2=O)cc1. The van der Waals surface area contributed by atoms with Gasteiger partial charge >= 0.3 is 17.8 Å². The van der Waals surface area contributed by atoms with Gasteiger partial charge in [0, 0.05) is 0 Å². The maximum atomic E-state index is 12.5. The summed E-state index contributed by atoms with van der Waals surface area (Å²) in [6, 6.07) is 13.3. The van der Waals surface area contributed by atoms with Crippen LogP contribution >= 0.6 is 0 Å². The lowest BCUT2D eigenvalue weighted by molar-refractivity contribution is -0.143. The van der Waals surface area contributed by atoms with Crippen LogP contribution in [0.15, 0.2) is 48.5 Å². The number of nitrogens with zero attached hydrogens (tertiary/aromatic N) is 2. The Balaban J connectivity index is 1.73. The first-order valence-corrected chi connectivity index (χ1v) is 7.96. The van der Waals surface area contributed by atoms with Gasteiger partial charge in [-0.2, -0.15) is 0 Å². The maximum Gasteiger partial charge on any atom is 0.334 e. The molecule has 3 rings (SSSR count). The minimum Gasteiger partial charge on any atom is -0.497 e. The van der Waals surface area contributed by atoms with Gasteiger partial charge in [-0.3, -0.25) is 19.4 Å². The molecule has 7 heteroatoms. The highest BCUT2D eigenvalue weighted by Gasteiger charge is 2.44. The Labute approximate surface area is 150 Å². The van der Waals surface area contributed by atoms with Crippen molar-refractivity contribution in [2.24, 2.45) is 0 Å². The van der Waals surface area contributed by atoms with Crippen LogP contribution < -0.4 is 9.47 Å². The second-order valence-electron chi connectivity index (χ2n) is 5.76. The van der Waals surface area contributed by atoms with Crippen molar-refractivity contribution in [2.45, 2.75) is 13.1 Å². The molecule has 4 amide bonds. The third-order valence-corrected chi connectivity index (χ3v) is 4.13. The molecule has 1 aliphatic rings. The van der Waals surface area contributed by atoms with E-state index in [-0.39, 0.29) is 13.1 Å². The van der Waals surface area contributed by atoms with Gasteiger partial charge in [0.25, 0.3) is 0 Å². The molecular weight excluding hydrogens is 336 g/mol. The van der Waals surface area contributed by atoms with Gasteiger partial charge in [0.1, 0.15) is 11.5 Å². The quantitative estimate of drug-likeness (QED) is 0.587. The fourth-order valence-corrected chi connectivity index (χ4v) is 2.66. The Morgan fingerprint density at radius 1 is 0.654 bits per heavy atom. The van der Waals surface area contributed by atoms with Gasteiger partial charge in [-0.15, -0.1) is 0 Å². The average molecular weight is 354 g/mol. The summed E-state index contributed by atoms with van der Waals surface area (Å²) in [5, 5.41) is 0. The van der Waals surface area contributed by atoms with Crippen LogP contribution in [0, 0.1) is 0 Å². The fraction of sp³-hybridized carbons (Fsp3) is 0.211. The van der Waals surface area contributed by atoms with E-state index < -0.39 is 17.8 Å². The number of hydrogen-bond acceptors (Lipinski definition) is 5. The number of ether oxygens (including phenoxy) is 2. The van der Waals surface area contributed by atoms with Crippen LogP contribution in [0.1, 0.15) is 11.1 Å². The van der Waals surface area contributed by atoms with E-state index >= 15 is 0 Å². The summed E-state index contributed by atoms with van der Waals surface area (Å²) in [6.07, 6.45) is 0. The van der Waals surface area contributed by atoms with Gasteiger partial charge in [0.2, 0.25) is 0 Å². The monoisotopic (exact) mass is 354 g/mol. The number of amides is 4. The van der Waals surface area contributed by atoms with Crippen molar-refractivity contribution in [3.8, 4) is 11.5 Å². The summed E-state index contributed by atoms with van der Waals surface area (Å²) >= 11 is 0. The molecule has 0 unspecified atom stereocenters. The number of carbonyl (C=O) groups excluding carboxylic acids is 3. The molecule has 0 aromatic heterocycles. The van der Waals surface area contributed by atoms with E-state index in [1.165, 1.54) is 0 Å². The number of methoxy groups -OCH3 is 2. The molecule has 0 atom stereocenters. The van der Waals surface area contributed by atoms with Gasteiger partial charge in [0.05, 0.1) is 27.3 Å². The van der Waals surface area contributed by atoms with Crippen LogP contribution in [0.2, 0.25) is 0 Å². The molecule has 0 aliphatic carbocycles. The summed E-state index contributed by atoms with van der Waals surface area (Å²) in [4.78, 5) is 38.9. The van der Waals surface area contributed by atoms with Gasteiger partial charge in [-0.1, -0.05) is 24.3 Å². The smallest absolute Gasteiger partial charge is 0.334 e. The average Bonchev–Trinajstić information content (AvgIpc) is 2.87. The first kappa shape index (κ1) is 17.5. The molecule has 134 valence electrons. The van der Waals surface area contributed by atoms with Crippen molar-refractivity contribution >= 4 is 17.8 Å².